The van der Waals surface area contributed by atoms with Crippen LogP contribution in [0.5, 0.6) is 0 Å². The Bertz CT molecular complexity index is 1280. The Morgan fingerprint density at radius 1 is 1.06 bits per heavy atom. The minimum Gasteiger partial charge on any atom is -0.329 e. The van der Waals surface area contributed by atoms with Crippen LogP contribution in [0.4, 0.5) is 5.95 Å². The second-order valence-corrected chi connectivity index (χ2v) is 9.45. The summed E-state index contributed by atoms with van der Waals surface area (Å²) in [6, 6.07) is 15.9. The minimum atomic E-state index is -0.308. The number of fused-ring (bicyclic) bond motifs is 2. The van der Waals surface area contributed by atoms with Crippen LogP contribution in [-0.4, -0.2) is 21.7 Å². The summed E-state index contributed by atoms with van der Waals surface area (Å²) in [6.07, 6.45) is 2.68. The SMILES string of the molecule is Cc1ccc2c(C)nc(NC3=N[C@@H](c4ccccc4)[C@@H]4C(=O)CC(C)(C)C=C4N3)nc2c1. The number of Topliss-reactive ketones (excluding diaryl/α,β-unsaturated/α-hetero) is 1. The van der Waals surface area contributed by atoms with E-state index in [0.29, 0.717) is 18.3 Å². The fourth-order valence-electron chi connectivity index (χ4n) is 4.68. The van der Waals surface area contributed by atoms with Gasteiger partial charge in [0, 0.05) is 17.5 Å². The fourth-order valence-corrected chi connectivity index (χ4v) is 4.68. The molecule has 1 aromatic heterocycles. The Morgan fingerprint density at radius 2 is 1.84 bits per heavy atom. The van der Waals surface area contributed by atoms with Crippen molar-refractivity contribution in [3.63, 3.8) is 0 Å². The van der Waals surface area contributed by atoms with Gasteiger partial charge in [0.25, 0.3) is 0 Å². The van der Waals surface area contributed by atoms with Crippen molar-refractivity contribution in [2.75, 3.05) is 5.32 Å². The molecule has 2 N–H and O–H groups in total. The summed E-state index contributed by atoms with van der Waals surface area (Å²) in [5.74, 6) is 0.945. The lowest BCUT2D eigenvalue weighted by Gasteiger charge is -2.38. The molecule has 162 valence electrons. The first-order chi connectivity index (χ1) is 15.3. The van der Waals surface area contributed by atoms with E-state index in [1.807, 2.05) is 37.3 Å². The summed E-state index contributed by atoms with van der Waals surface area (Å²) in [5.41, 5.74) is 4.65. The smallest absolute Gasteiger partial charge is 0.230 e. The molecule has 3 aromatic rings. The van der Waals surface area contributed by atoms with Gasteiger partial charge in [0.1, 0.15) is 5.78 Å². The van der Waals surface area contributed by atoms with Gasteiger partial charge in [-0.2, -0.15) is 0 Å². The van der Waals surface area contributed by atoms with E-state index < -0.39 is 0 Å². The van der Waals surface area contributed by atoms with E-state index in [1.54, 1.807) is 0 Å². The molecule has 0 saturated carbocycles. The summed E-state index contributed by atoms with van der Waals surface area (Å²) >= 11 is 0. The first-order valence-electron chi connectivity index (χ1n) is 11.0. The average Bonchev–Trinajstić information content (AvgIpc) is 2.72. The van der Waals surface area contributed by atoms with Crippen LogP contribution in [0.3, 0.4) is 0 Å². The van der Waals surface area contributed by atoms with Crippen molar-refractivity contribution in [2.45, 2.75) is 40.2 Å². The lowest BCUT2D eigenvalue weighted by molar-refractivity contribution is -0.124. The molecule has 2 heterocycles. The Hall–Kier alpha value is -3.54. The second-order valence-electron chi connectivity index (χ2n) is 9.45. The standard InChI is InChI=1S/C26H27N5O/c1-15-10-11-18-16(2)27-24(28-19(18)12-15)31-25-29-20-13-26(3,4)14-21(32)22(20)23(30-25)17-8-6-5-7-9-17/h5-13,22-23H,14H2,1-4H3,(H2,27,28,29,30,31)/t22-,23-/m0/s1. The maximum absolute atomic E-state index is 13.1. The number of ketones is 1. The molecule has 32 heavy (non-hydrogen) atoms. The van der Waals surface area contributed by atoms with Crippen LogP contribution in [0.1, 0.15) is 43.1 Å². The number of aromatic nitrogens is 2. The minimum absolute atomic E-state index is 0.201. The van der Waals surface area contributed by atoms with E-state index in [1.165, 1.54) is 0 Å². The number of nitrogens with one attached hydrogen (secondary N) is 2. The summed E-state index contributed by atoms with van der Waals surface area (Å²) in [6.45, 7) is 8.21. The highest BCUT2D eigenvalue weighted by Gasteiger charge is 2.42. The number of nitrogens with zero attached hydrogens (tertiary/aromatic N) is 3. The molecule has 5 rings (SSSR count). The van der Waals surface area contributed by atoms with Gasteiger partial charge in [-0.1, -0.05) is 62.4 Å². The molecule has 6 nitrogen and oxygen atoms in total. The van der Waals surface area contributed by atoms with Crippen LogP contribution < -0.4 is 10.6 Å². The van der Waals surface area contributed by atoms with Crippen molar-refractivity contribution < 1.29 is 4.79 Å². The van der Waals surface area contributed by atoms with Crippen molar-refractivity contribution in [3.05, 3.63) is 77.1 Å². The second kappa shape index (κ2) is 7.55. The topological polar surface area (TPSA) is 79.3 Å². The van der Waals surface area contributed by atoms with Gasteiger partial charge in [-0.3, -0.25) is 10.1 Å². The molecule has 0 spiro atoms. The molecule has 0 radical (unpaired) electrons. The quantitative estimate of drug-likeness (QED) is 0.613. The lowest BCUT2D eigenvalue weighted by Crippen LogP contribution is -2.46. The fraction of sp³-hybridized carbons (Fsp3) is 0.308. The molecule has 2 aliphatic rings. The maximum Gasteiger partial charge on any atom is 0.230 e. The van der Waals surface area contributed by atoms with E-state index in [2.05, 4.69) is 60.7 Å². The third-order valence-corrected chi connectivity index (χ3v) is 6.12. The van der Waals surface area contributed by atoms with Gasteiger partial charge in [0.2, 0.25) is 11.9 Å². The predicted octanol–water partition coefficient (Wildman–Crippen LogP) is 4.86. The number of allylic oxidation sites excluding steroid dienone is 1. The number of hydrogen-bond donors (Lipinski definition) is 2. The number of anilines is 1. The Kier molecular flexibility index (Phi) is 4.81. The summed E-state index contributed by atoms with van der Waals surface area (Å²) in [5, 5.41) is 7.67. The third kappa shape index (κ3) is 3.77. The van der Waals surface area contributed by atoms with Crippen LogP contribution >= 0.6 is 0 Å². The van der Waals surface area contributed by atoms with Gasteiger partial charge in [-0.25, -0.2) is 15.0 Å². The zero-order valence-corrected chi connectivity index (χ0v) is 18.8. The van der Waals surface area contributed by atoms with Gasteiger partial charge in [-0.15, -0.1) is 0 Å². The highest BCUT2D eigenvalue weighted by atomic mass is 16.1. The Balaban J connectivity index is 1.56. The van der Waals surface area contributed by atoms with E-state index >= 15 is 0 Å². The predicted molar refractivity (Wildman–Crippen MR) is 127 cm³/mol. The van der Waals surface area contributed by atoms with Crippen LogP contribution in [0.25, 0.3) is 10.9 Å². The van der Waals surface area contributed by atoms with E-state index in [0.717, 1.165) is 33.4 Å². The third-order valence-electron chi connectivity index (χ3n) is 6.12. The number of aliphatic imine (C=N–C) groups is 1. The molecule has 1 aliphatic heterocycles. The average molecular weight is 426 g/mol. The summed E-state index contributed by atoms with van der Waals surface area (Å²) in [4.78, 5) is 27.4. The zero-order valence-electron chi connectivity index (χ0n) is 18.8. The van der Waals surface area contributed by atoms with Crippen molar-refractivity contribution in [1.82, 2.24) is 15.3 Å². The van der Waals surface area contributed by atoms with Crippen LogP contribution in [0.15, 0.2) is 65.3 Å². The number of aryl methyl sites for hydroxylation is 2. The van der Waals surface area contributed by atoms with Gasteiger partial charge in [-0.05, 0) is 36.5 Å². The largest absolute Gasteiger partial charge is 0.329 e. The van der Waals surface area contributed by atoms with Crippen molar-refractivity contribution in [1.29, 1.82) is 0 Å². The highest BCUT2D eigenvalue weighted by Crippen LogP contribution is 2.42. The number of benzene rings is 2. The molecule has 0 bridgehead atoms. The molecule has 1 aliphatic carbocycles. The molecule has 0 amide bonds. The molecule has 0 unspecified atom stereocenters. The molecule has 0 fully saturated rings. The lowest BCUT2D eigenvalue weighted by atomic mass is 9.72. The monoisotopic (exact) mass is 425 g/mol. The zero-order chi connectivity index (χ0) is 22.5. The number of carbonyl (C=O) groups excluding carboxylic acids is 1. The first-order valence-corrected chi connectivity index (χ1v) is 11.0. The Labute approximate surface area is 187 Å². The molecule has 6 heteroatoms. The molecular formula is C26H27N5O. The number of rotatable bonds is 2. The van der Waals surface area contributed by atoms with Crippen molar-refractivity contribution >= 4 is 28.6 Å². The van der Waals surface area contributed by atoms with Crippen LogP contribution in [-0.2, 0) is 4.79 Å². The number of carbonyl (C=O) groups is 1. The first kappa shape index (κ1) is 20.4. The van der Waals surface area contributed by atoms with Crippen molar-refractivity contribution in [2.24, 2.45) is 16.3 Å². The van der Waals surface area contributed by atoms with Crippen LogP contribution in [0, 0.1) is 25.2 Å². The van der Waals surface area contributed by atoms with Gasteiger partial charge in [0.15, 0.2) is 0 Å². The van der Waals surface area contributed by atoms with Gasteiger partial charge >= 0.3 is 0 Å². The van der Waals surface area contributed by atoms with E-state index in [9.17, 15) is 4.79 Å². The maximum atomic E-state index is 13.1. The normalized spacial score (nSPS) is 21.9. The molecular weight excluding hydrogens is 398 g/mol. The molecule has 2 atom stereocenters. The number of hydrogen-bond acceptors (Lipinski definition) is 6. The Morgan fingerprint density at radius 3 is 2.62 bits per heavy atom. The van der Waals surface area contributed by atoms with Gasteiger partial charge < -0.3 is 5.32 Å². The highest BCUT2D eigenvalue weighted by molar-refractivity contribution is 5.98. The molecule has 2 aromatic carbocycles. The van der Waals surface area contributed by atoms with Gasteiger partial charge in [0.05, 0.1) is 23.2 Å². The number of guanidine groups is 1. The van der Waals surface area contributed by atoms with Crippen LogP contribution in [0.2, 0.25) is 0 Å². The van der Waals surface area contributed by atoms with E-state index in [-0.39, 0.29) is 23.2 Å². The van der Waals surface area contributed by atoms with Crippen molar-refractivity contribution in [3.8, 4) is 0 Å². The summed E-state index contributed by atoms with van der Waals surface area (Å²) in [7, 11) is 0. The molecule has 0 saturated heterocycles. The summed E-state index contributed by atoms with van der Waals surface area (Å²) < 4.78 is 0. The van der Waals surface area contributed by atoms with E-state index in [4.69, 9.17) is 9.98 Å².